The summed E-state index contributed by atoms with van der Waals surface area (Å²) in [6, 6.07) is 11.1. The number of aromatic amines is 1. The number of rotatable bonds is 6. The number of aromatic nitrogens is 3. The van der Waals surface area contributed by atoms with E-state index in [1.165, 1.54) is 11.8 Å². The molecule has 0 radical (unpaired) electrons. The molecule has 4 rings (SSSR count). The normalized spacial score (nSPS) is 10.9. The number of aryl methyl sites for hydroxylation is 2. The SMILES string of the molecule is Cc1noc(C)c1CSc1ncccc1C(=O)NNC(=O)Cc1c[nH]c2ccccc12. The molecular formula is C22H21N5O3S. The summed E-state index contributed by atoms with van der Waals surface area (Å²) >= 11 is 1.41. The smallest absolute Gasteiger partial charge is 0.272 e. The van der Waals surface area contributed by atoms with Gasteiger partial charge in [-0.05, 0) is 37.6 Å². The summed E-state index contributed by atoms with van der Waals surface area (Å²) in [6.45, 7) is 3.73. The van der Waals surface area contributed by atoms with Gasteiger partial charge in [0.2, 0.25) is 5.91 Å². The van der Waals surface area contributed by atoms with E-state index in [0.717, 1.165) is 33.5 Å². The van der Waals surface area contributed by atoms with Crippen molar-refractivity contribution in [3.05, 3.63) is 76.9 Å². The van der Waals surface area contributed by atoms with Crippen molar-refractivity contribution in [3.8, 4) is 0 Å². The lowest BCUT2D eigenvalue weighted by atomic mass is 10.1. The number of H-pyrrole nitrogens is 1. The number of fused-ring (bicyclic) bond motifs is 1. The fourth-order valence-corrected chi connectivity index (χ4v) is 4.36. The minimum atomic E-state index is -0.429. The van der Waals surface area contributed by atoms with Crippen LogP contribution in [0.1, 0.15) is 32.9 Å². The number of thioether (sulfide) groups is 1. The van der Waals surface area contributed by atoms with E-state index in [0.29, 0.717) is 16.3 Å². The highest BCUT2D eigenvalue weighted by Crippen LogP contribution is 2.27. The molecule has 0 fully saturated rings. The van der Waals surface area contributed by atoms with Crippen molar-refractivity contribution in [2.75, 3.05) is 0 Å². The van der Waals surface area contributed by atoms with Crippen LogP contribution < -0.4 is 10.9 Å². The Morgan fingerprint density at radius 1 is 1.13 bits per heavy atom. The first kappa shape index (κ1) is 20.7. The third-order valence-electron chi connectivity index (χ3n) is 4.89. The maximum atomic E-state index is 12.7. The van der Waals surface area contributed by atoms with Crippen molar-refractivity contribution >= 4 is 34.5 Å². The zero-order valence-electron chi connectivity index (χ0n) is 17.1. The van der Waals surface area contributed by atoms with Gasteiger partial charge in [-0.15, -0.1) is 11.8 Å². The van der Waals surface area contributed by atoms with Crippen LogP contribution in [0.15, 0.2) is 58.3 Å². The Kier molecular flexibility index (Phi) is 6.03. The summed E-state index contributed by atoms with van der Waals surface area (Å²) in [7, 11) is 0. The van der Waals surface area contributed by atoms with Crippen molar-refractivity contribution in [3.63, 3.8) is 0 Å². The molecule has 0 spiro atoms. The highest BCUT2D eigenvalue weighted by molar-refractivity contribution is 7.98. The molecule has 0 saturated heterocycles. The number of para-hydroxylation sites is 1. The quantitative estimate of drug-likeness (QED) is 0.316. The first-order chi connectivity index (χ1) is 15.0. The van der Waals surface area contributed by atoms with Gasteiger partial charge in [0, 0.05) is 34.6 Å². The molecule has 2 amide bonds. The Morgan fingerprint density at radius 3 is 2.77 bits per heavy atom. The number of nitrogens with zero attached hydrogens (tertiary/aromatic N) is 2. The van der Waals surface area contributed by atoms with Crippen molar-refractivity contribution in [1.29, 1.82) is 0 Å². The van der Waals surface area contributed by atoms with E-state index in [9.17, 15) is 9.59 Å². The van der Waals surface area contributed by atoms with Gasteiger partial charge in [0.1, 0.15) is 10.8 Å². The third kappa shape index (κ3) is 4.61. The summed E-state index contributed by atoms with van der Waals surface area (Å²) in [5, 5.41) is 5.49. The Balaban J connectivity index is 1.38. The van der Waals surface area contributed by atoms with Crippen molar-refractivity contribution in [2.45, 2.75) is 31.0 Å². The van der Waals surface area contributed by atoms with E-state index < -0.39 is 5.91 Å². The molecule has 0 aliphatic carbocycles. The highest BCUT2D eigenvalue weighted by Gasteiger charge is 2.16. The van der Waals surface area contributed by atoms with Gasteiger partial charge < -0.3 is 9.51 Å². The molecule has 0 aliphatic rings. The summed E-state index contributed by atoms with van der Waals surface area (Å²) in [5.41, 5.74) is 8.97. The van der Waals surface area contributed by atoms with Crippen LogP contribution in [0.4, 0.5) is 0 Å². The van der Waals surface area contributed by atoms with Gasteiger partial charge in [0.15, 0.2) is 0 Å². The molecule has 0 unspecified atom stereocenters. The predicted octanol–water partition coefficient (Wildman–Crippen LogP) is 3.46. The zero-order chi connectivity index (χ0) is 21.8. The largest absolute Gasteiger partial charge is 0.361 e. The van der Waals surface area contributed by atoms with Gasteiger partial charge in [-0.1, -0.05) is 23.4 Å². The van der Waals surface area contributed by atoms with Gasteiger partial charge in [-0.3, -0.25) is 20.4 Å². The Morgan fingerprint density at radius 2 is 1.97 bits per heavy atom. The predicted molar refractivity (Wildman–Crippen MR) is 117 cm³/mol. The molecule has 0 atom stereocenters. The minimum absolute atomic E-state index is 0.144. The van der Waals surface area contributed by atoms with Crippen LogP contribution in [0.3, 0.4) is 0 Å². The van der Waals surface area contributed by atoms with Crippen LogP contribution in [0, 0.1) is 13.8 Å². The van der Waals surface area contributed by atoms with E-state index in [1.54, 1.807) is 24.5 Å². The van der Waals surface area contributed by atoms with E-state index >= 15 is 0 Å². The van der Waals surface area contributed by atoms with Gasteiger partial charge in [0.25, 0.3) is 5.91 Å². The van der Waals surface area contributed by atoms with Crippen molar-refractivity contribution in [2.24, 2.45) is 0 Å². The molecule has 0 saturated carbocycles. The zero-order valence-corrected chi connectivity index (χ0v) is 17.9. The average molecular weight is 436 g/mol. The molecule has 0 bridgehead atoms. The molecule has 3 N–H and O–H groups in total. The standard InChI is InChI=1S/C22H21N5O3S/c1-13-18(14(2)30-27-13)12-31-22-17(7-5-9-23-22)21(29)26-25-20(28)10-15-11-24-19-8-4-3-6-16(15)19/h3-9,11,24H,10,12H2,1-2H3,(H,25,28)(H,26,29). The molecule has 31 heavy (non-hydrogen) atoms. The lowest BCUT2D eigenvalue weighted by Gasteiger charge is -2.10. The molecule has 8 nitrogen and oxygen atoms in total. The number of pyridine rings is 1. The second kappa shape index (κ2) is 9.05. The molecule has 3 heterocycles. The number of amides is 2. The summed E-state index contributed by atoms with van der Waals surface area (Å²) < 4.78 is 5.18. The van der Waals surface area contributed by atoms with Crippen LogP contribution >= 0.6 is 11.8 Å². The molecule has 0 aliphatic heterocycles. The first-order valence-corrected chi connectivity index (χ1v) is 10.6. The average Bonchev–Trinajstić information content (AvgIpc) is 3.33. The molecule has 9 heteroatoms. The summed E-state index contributed by atoms with van der Waals surface area (Å²) in [5.74, 6) is 0.579. The second-order valence-electron chi connectivity index (χ2n) is 6.99. The molecule has 1 aromatic carbocycles. The molecule has 3 aromatic heterocycles. The number of hydrogen-bond donors (Lipinski definition) is 3. The van der Waals surface area contributed by atoms with E-state index in [1.807, 2.05) is 38.1 Å². The van der Waals surface area contributed by atoms with Crippen LogP contribution in [0.5, 0.6) is 0 Å². The number of carbonyl (C=O) groups excluding carboxylic acids is 2. The van der Waals surface area contributed by atoms with Gasteiger partial charge in [-0.25, -0.2) is 4.98 Å². The number of nitrogens with one attached hydrogen (secondary N) is 3. The maximum Gasteiger partial charge on any atom is 0.272 e. The van der Waals surface area contributed by atoms with Gasteiger partial charge in [0.05, 0.1) is 17.7 Å². The number of benzene rings is 1. The molecular weight excluding hydrogens is 414 g/mol. The fourth-order valence-electron chi connectivity index (χ4n) is 3.22. The van der Waals surface area contributed by atoms with Crippen molar-refractivity contribution < 1.29 is 14.1 Å². The summed E-state index contributed by atoms with van der Waals surface area (Å²) in [4.78, 5) is 32.5. The van der Waals surface area contributed by atoms with E-state index in [-0.39, 0.29) is 12.3 Å². The van der Waals surface area contributed by atoms with Crippen molar-refractivity contribution in [1.82, 2.24) is 26.0 Å². The van der Waals surface area contributed by atoms with Crippen LogP contribution in [0.25, 0.3) is 10.9 Å². The molecule has 158 valence electrons. The Hall–Kier alpha value is -3.59. The Labute approximate surface area is 182 Å². The Bertz CT molecular complexity index is 1230. The monoisotopic (exact) mass is 435 g/mol. The minimum Gasteiger partial charge on any atom is -0.361 e. The third-order valence-corrected chi connectivity index (χ3v) is 5.92. The van der Waals surface area contributed by atoms with Crippen LogP contribution in [-0.4, -0.2) is 26.9 Å². The topological polar surface area (TPSA) is 113 Å². The first-order valence-electron chi connectivity index (χ1n) is 9.66. The number of hydrazine groups is 1. The van der Waals surface area contributed by atoms with Crippen LogP contribution in [-0.2, 0) is 17.0 Å². The fraction of sp³-hybridized carbons (Fsp3) is 0.182. The lowest BCUT2D eigenvalue weighted by Crippen LogP contribution is -2.42. The van der Waals surface area contributed by atoms with Crippen LogP contribution in [0.2, 0.25) is 0 Å². The van der Waals surface area contributed by atoms with Gasteiger partial charge >= 0.3 is 0 Å². The van der Waals surface area contributed by atoms with E-state index in [2.05, 4.69) is 26.0 Å². The molecule has 4 aromatic rings. The maximum absolute atomic E-state index is 12.7. The highest BCUT2D eigenvalue weighted by atomic mass is 32.2. The number of hydrogen-bond acceptors (Lipinski definition) is 6. The van der Waals surface area contributed by atoms with Gasteiger partial charge in [-0.2, -0.15) is 0 Å². The lowest BCUT2D eigenvalue weighted by molar-refractivity contribution is -0.121. The number of carbonyl (C=O) groups is 2. The summed E-state index contributed by atoms with van der Waals surface area (Å²) in [6.07, 6.45) is 3.57. The van der Waals surface area contributed by atoms with E-state index in [4.69, 9.17) is 4.52 Å². The second-order valence-corrected chi connectivity index (χ2v) is 7.95.